The van der Waals surface area contributed by atoms with E-state index < -0.39 is 0 Å². The molecule has 0 aliphatic carbocycles. The summed E-state index contributed by atoms with van der Waals surface area (Å²) in [6.45, 7) is 0. The van der Waals surface area contributed by atoms with Crippen LogP contribution in [-0.4, -0.2) is 29.3 Å². The molecular formula is C19H16N4O3. The number of nitrogens with zero attached hydrogens (tertiary/aromatic N) is 3. The van der Waals surface area contributed by atoms with Gasteiger partial charge in [0.1, 0.15) is 11.8 Å². The van der Waals surface area contributed by atoms with Crippen molar-refractivity contribution >= 4 is 11.6 Å². The number of aromatic nitrogens is 2. The molecule has 1 aromatic heterocycles. The van der Waals surface area contributed by atoms with Gasteiger partial charge in [0.2, 0.25) is 5.95 Å². The standard InChI is InChI=1S/C19H16N4O3/c1-25-16-7-6-13(10-17(16)26-2)22-19-21-9-8-15(23-19)14-5-3-4-12(11-20)18(14)24/h3-10,24H,1-2H3,(H,21,22,23). The Labute approximate surface area is 150 Å². The molecule has 1 heterocycles. The topological polar surface area (TPSA) is 100 Å². The normalized spacial score (nSPS) is 10.0. The Bertz CT molecular complexity index is 983. The highest BCUT2D eigenvalue weighted by Crippen LogP contribution is 2.32. The number of methoxy groups -OCH3 is 2. The number of anilines is 2. The third kappa shape index (κ3) is 3.35. The Morgan fingerprint density at radius 3 is 2.62 bits per heavy atom. The van der Waals surface area contributed by atoms with Crippen LogP contribution in [-0.2, 0) is 0 Å². The fourth-order valence-electron chi connectivity index (χ4n) is 2.45. The minimum atomic E-state index is -0.106. The van der Waals surface area contributed by atoms with Gasteiger partial charge in [0.15, 0.2) is 11.5 Å². The summed E-state index contributed by atoms with van der Waals surface area (Å²) in [5, 5.41) is 22.4. The maximum atomic E-state index is 10.2. The van der Waals surface area contributed by atoms with E-state index in [0.717, 1.165) is 5.69 Å². The van der Waals surface area contributed by atoms with E-state index in [2.05, 4.69) is 15.3 Å². The van der Waals surface area contributed by atoms with E-state index in [1.807, 2.05) is 12.1 Å². The van der Waals surface area contributed by atoms with E-state index in [0.29, 0.717) is 28.7 Å². The SMILES string of the molecule is COc1ccc(Nc2nccc(-c3cccc(C#N)c3O)n2)cc1OC. The summed E-state index contributed by atoms with van der Waals surface area (Å²) in [5.41, 5.74) is 1.87. The Kier molecular flexibility index (Phi) is 4.85. The largest absolute Gasteiger partial charge is 0.506 e. The number of ether oxygens (including phenoxy) is 2. The molecule has 0 radical (unpaired) electrons. The van der Waals surface area contributed by atoms with Crippen molar-refractivity contribution in [1.82, 2.24) is 9.97 Å². The lowest BCUT2D eigenvalue weighted by Crippen LogP contribution is -1.99. The third-order valence-electron chi connectivity index (χ3n) is 3.73. The lowest BCUT2D eigenvalue weighted by atomic mass is 10.1. The van der Waals surface area contributed by atoms with Crippen molar-refractivity contribution in [1.29, 1.82) is 5.26 Å². The van der Waals surface area contributed by atoms with Crippen molar-refractivity contribution in [3.05, 3.63) is 54.2 Å². The van der Waals surface area contributed by atoms with Crippen molar-refractivity contribution < 1.29 is 14.6 Å². The summed E-state index contributed by atoms with van der Waals surface area (Å²) < 4.78 is 10.5. The van der Waals surface area contributed by atoms with Gasteiger partial charge in [-0.15, -0.1) is 0 Å². The van der Waals surface area contributed by atoms with Crippen molar-refractivity contribution in [3.8, 4) is 34.6 Å². The van der Waals surface area contributed by atoms with Crippen molar-refractivity contribution in [2.75, 3.05) is 19.5 Å². The first-order valence-corrected chi connectivity index (χ1v) is 7.71. The first kappa shape index (κ1) is 17.0. The number of nitrogens with one attached hydrogen (secondary N) is 1. The van der Waals surface area contributed by atoms with Crippen LogP contribution in [0.25, 0.3) is 11.3 Å². The van der Waals surface area contributed by atoms with Crippen LogP contribution in [0.15, 0.2) is 48.7 Å². The van der Waals surface area contributed by atoms with Gasteiger partial charge >= 0.3 is 0 Å². The molecule has 2 aromatic carbocycles. The van der Waals surface area contributed by atoms with Gasteiger partial charge in [0.25, 0.3) is 0 Å². The van der Waals surface area contributed by atoms with Gasteiger partial charge in [0.05, 0.1) is 25.5 Å². The monoisotopic (exact) mass is 348 g/mol. The van der Waals surface area contributed by atoms with Gasteiger partial charge in [-0.05, 0) is 30.3 Å². The average Bonchev–Trinajstić information content (AvgIpc) is 2.68. The Hall–Kier alpha value is -3.79. The molecule has 7 heteroatoms. The van der Waals surface area contributed by atoms with Crippen LogP contribution in [0.1, 0.15) is 5.56 Å². The van der Waals surface area contributed by atoms with Crippen LogP contribution < -0.4 is 14.8 Å². The van der Waals surface area contributed by atoms with Gasteiger partial charge in [0, 0.05) is 23.5 Å². The van der Waals surface area contributed by atoms with Crippen LogP contribution in [0, 0.1) is 11.3 Å². The summed E-state index contributed by atoms with van der Waals surface area (Å²) in [6, 6.07) is 13.9. The summed E-state index contributed by atoms with van der Waals surface area (Å²) in [5.74, 6) is 1.43. The fourth-order valence-corrected chi connectivity index (χ4v) is 2.45. The Morgan fingerprint density at radius 1 is 1.08 bits per heavy atom. The molecule has 3 aromatic rings. The Balaban J connectivity index is 1.93. The zero-order chi connectivity index (χ0) is 18.5. The number of benzene rings is 2. The molecule has 0 fully saturated rings. The second-order valence-electron chi connectivity index (χ2n) is 5.27. The van der Waals surface area contributed by atoms with Gasteiger partial charge in [-0.25, -0.2) is 9.97 Å². The van der Waals surface area contributed by atoms with E-state index in [1.165, 1.54) is 0 Å². The molecule has 3 rings (SSSR count). The summed E-state index contributed by atoms with van der Waals surface area (Å²) >= 11 is 0. The summed E-state index contributed by atoms with van der Waals surface area (Å²) in [6.07, 6.45) is 1.57. The maximum Gasteiger partial charge on any atom is 0.227 e. The molecule has 7 nitrogen and oxygen atoms in total. The molecule has 0 saturated carbocycles. The Morgan fingerprint density at radius 2 is 1.88 bits per heavy atom. The van der Waals surface area contributed by atoms with Gasteiger partial charge in [-0.2, -0.15) is 5.26 Å². The van der Waals surface area contributed by atoms with Crippen LogP contribution in [0.2, 0.25) is 0 Å². The molecule has 0 bridgehead atoms. The summed E-state index contributed by atoms with van der Waals surface area (Å²) in [4.78, 5) is 8.60. The molecule has 0 aliphatic rings. The number of rotatable bonds is 5. The fraction of sp³-hybridized carbons (Fsp3) is 0.105. The third-order valence-corrected chi connectivity index (χ3v) is 3.73. The van der Waals surface area contributed by atoms with Crippen molar-refractivity contribution in [2.24, 2.45) is 0 Å². The number of nitriles is 1. The maximum absolute atomic E-state index is 10.2. The lowest BCUT2D eigenvalue weighted by molar-refractivity contribution is 0.355. The number of aromatic hydroxyl groups is 1. The van der Waals surface area contributed by atoms with Crippen molar-refractivity contribution in [3.63, 3.8) is 0 Å². The zero-order valence-electron chi connectivity index (χ0n) is 14.2. The quantitative estimate of drug-likeness (QED) is 0.728. The number of phenolic OH excluding ortho intramolecular Hbond substituents is 1. The second kappa shape index (κ2) is 7.40. The summed E-state index contributed by atoms with van der Waals surface area (Å²) in [7, 11) is 3.13. The molecule has 130 valence electrons. The van der Waals surface area contributed by atoms with E-state index >= 15 is 0 Å². The van der Waals surface area contributed by atoms with Gasteiger partial charge < -0.3 is 19.9 Å². The molecule has 0 unspecified atom stereocenters. The zero-order valence-corrected chi connectivity index (χ0v) is 14.2. The molecule has 0 amide bonds. The number of hydrogen-bond donors (Lipinski definition) is 2. The molecule has 2 N–H and O–H groups in total. The van der Waals surface area contributed by atoms with Gasteiger partial charge in [-0.3, -0.25) is 0 Å². The van der Waals surface area contributed by atoms with Crippen LogP contribution in [0.4, 0.5) is 11.6 Å². The van der Waals surface area contributed by atoms with Crippen LogP contribution in [0.5, 0.6) is 17.2 Å². The molecule has 0 spiro atoms. The van der Waals surface area contributed by atoms with E-state index in [-0.39, 0.29) is 11.3 Å². The molecular weight excluding hydrogens is 332 g/mol. The smallest absolute Gasteiger partial charge is 0.227 e. The first-order valence-electron chi connectivity index (χ1n) is 7.71. The van der Waals surface area contributed by atoms with E-state index in [4.69, 9.17) is 14.7 Å². The van der Waals surface area contributed by atoms with Crippen LogP contribution in [0.3, 0.4) is 0 Å². The molecule has 0 saturated heterocycles. The van der Waals surface area contributed by atoms with E-state index in [9.17, 15) is 5.11 Å². The first-order chi connectivity index (χ1) is 12.7. The van der Waals surface area contributed by atoms with E-state index in [1.54, 1.807) is 56.8 Å². The highest BCUT2D eigenvalue weighted by Gasteiger charge is 2.11. The molecule has 0 atom stereocenters. The predicted molar refractivity (Wildman–Crippen MR) is 96.7 cm³/mol. The highest BCUT2D eigenvalue weighted by atomic mass is 16.5. The number of hydrogen-bond acceptors (Lipinski definition) is 7. The van der Waals surface area contributed by atoms with Crippen molar-refractivity contribution in [2.45, 2.75) is 0 Å². The van der Waals surface area contributed by atoms with Crippen LogP contribution >= 0.6 is 0 Å². The number of para-hydroxylation sites is 1. The lowest BCUT2D eigenvalue weighted by Gasteiger charge is -2.11. The minimum absolute atomic E-state index is 0.106. The number of phenols is 1. The highest BCUT2D eigenvalue weighted by molar-refractivity contribution is 5.71. The average molecular weight is 348 g/mol. The molecule has 0 aliphatic heterocycles. The molecule has 26 heavy (non-hydrogen) atoms. The minimum Gasteiger partial charge on any atom is -0.506 e. The second-order valence-corrected chi connectivity index (χ2v) is 5.27. The predicted octanol–water partition coefficient (Wildman–Crippen LogP) is 3.48. The van der Waals surface area contributed by atoms with Gasteiger partial charge in [-0.1, -0.05) is 6.07 Å².